The summed E-state index contributed by atoms with van der Waals surface area (Å²) in [7, 11) is 0. The Labute approximate surface area is 97.7 Å². The minimum Gasteiger partial charge on any atom is -0.485 e. The van der Waals surface area contributed by atoms with E-state index in [2.05, 4.69) is 36.7 Å². The monoisotopic (exact) mass is 268 g/mol. The second-order valence-corrected chi connectivity index (χ2v) is 5.62. The number of fused-ring (bicyclic) bond motifs is 3. The molecule has 1 saturated heterocycles. The fraction of sp³-hybridized carbons (Fsp3) is 0.500. The average molecular weight is 269 g/mol. The van der Waals surface area contributed by atoms with Gasteiger partial charge < -0.3 is 9.47 Å². The summed E-state index contributed by atoms with van der Waals surface area (Å²) in [4.78, 5) is 0. The number of hydrogen-bond acceptors (Lipinski definition) is 2. The van der Waals surface area contributed by atoms with Gasteiger partial charge in [0.1, 0.15) is 23.6 Å². The summed E-state index contributed by atoms with van der Waals surface area (Å²) in [5.41, 5.74) is 2.25. The lowest BCUT2D eigenvalue weighted by Gasteiger charge is -2.30. The highest BCUT2D eigenvalue weighted by Crippen LogP contribution is 2.55. The number of halogens is 1. The van der Waals surface area contributed by atoms with Gasteiger partial charge in [-0.15, -0.1) is 0 Å². The van der Waals surface area contributed by atoms with Crippen molar-refractivity contribution in [2.75, 3.05) is 0 Å². The molecule has 80 valence electrons. The zero-order valence-electron chi connectivity index (χ0n) is 9.00. The third-order valence-electron chi connectivity index (χ3n) is 3.24. The minimum atomic E-state index is -0.196. The van der Waals surface area contributed by atoms with Crippen molar-refractivity contribution in [1.82, 2.24) is 0 Å². The minimum absolute atomic E-state index is 0.196. The molecule has 15 heavy (non-hydrogen) atoms. The van der Waals surface area contributed by atoms with E-state index in [1.165, 1.54) is 11.1 Å². The highest BCUT2D eigenvalue weighted by molar-refractivity contribution is 9.10. The zero-order valence-corrected chi connectivity index (χ0v) is 10.6. The fourth-order valence-corrected chi connectivity index (χ4v) is 2.67. The summed E-state index contributed by atoms with van der Waals surface area (Å²) in [5.74, 6) is 0.972. The van der Waals surface area contributed by atoms with Crippen LogP contribution in [0.5, 0.6) is 5.75 Å². The number of benzene rings is 1. The second-order valence-electron chi connectivity index (χ2n) is 4.77. The van der Waals surface area contributed by atoms with Crippen molar-refractivity contribution in [2.24, 2.45) is 0 Å². The first kappa shape index (κ1) is 9.67. The molecule has 1 aromatic rings. The Kier molecular flexibility index (Phi) is 1.79. The van der Waals surface area contributed by atoms with Gasteiger partial charge in [-0.1, -0.05) is 15.9 Å². The molecule has 2 heterocycles. The van der Waals surface area contributed by atoms with Crippen molar-refractivity contribution < 1.29 is 9.47 Å². The topological polar surface area (TPSA) is 21.8 Å². The van der Waals surface area contributed by atoms with E-state index >= 15 is 0 Å². The number of hydrogen-bond donors (Lipinski definition) is 0. The Bertz CT molecular complexity index is 439. The quantitative estimate of drug-likeness (QED) is 0.673. The molecule has 2 atom stereocenters. The van der Waals surface area contributed by atoms with Gasteiger partial charge in [0.05, 0.1) is 0 Å². The molecule has 0 bridgehead atoms. The first-order chi connectivity index (χ1) is 7.00. The molecule has 0 spiro atoms. The van der Waals surface area contributed by atoms with Crippen LogP contribution in [0.2, 0.25) is 0 Å². The van der Waals surface area contributed by atoms with Crippen LogP contribution in [-0.2, 0) is 4.74 Å². The predicted molar refractivity (Wildman–Crippen MR) is 61.2 cm³/mol. The Hall–Kier alpha value is -0.540. The highest BCUT2D eigenvalue weighted by atomic mass is 79.9. The maximum absolute atomic E-state index is 5.96. The molecule has 1 aromatic carbocycles. The van der Waals surface area contributed by atoms with E-state index in [1.807, 2.05) is 12.1 Å². The number of epoxide rings is 1. The number of ether oxygens (including phenoxy) is 2. The van der Waals surface area contributed by atoms with Crippen LogP contribution in [0.4, 0.5) is 0 Å². The maximum Gasteiger partial charge on any atom is 0.132 e. The van der Waals surface area contributed by atoms with Gasteiger partial charge in [0.15, 0.2) is 0 Å². The molecule has 0 saturated carbocycles. The molecule has 0 aliphatic carbocycles. The smallest absolute Gasteiger partial charge is 0.132 e. The van der Waals surface area contributed by atoms with Gasteiger partial charge in [0.25, 0.3) is 0 Å². The standard InChI is InChI=1S/C12H13BrO2/c1-6-7(13)4-5-8-9(6)10-11(14-10)12(2,3)15-8/h4-5,10-11H,1-3H3. The lowest BCUT2D eigenvalue weighted by atomic mass is 9.92. The molecule has 0 amide bonds. The van der Waals surface area contributed by atoms with Crippen molar-refractivity contribution >= 4 is 15.9 Å². The third kappa shape index (κ3) is 1.26. The Morgan fingerprint density at radius 2 is 2.07 bits per heavy atom. The van der Waals surface area contributed by atoms with E-state index in [1.54, 1.807) is 0 Å². The van der Waals surface area contributed by atoms with Crippen LogP contribution in [0.3, 0.4) is 0 Å². The molecule has 1 fully saturated rings. The van der Waals surface area contributed by atoms with Crippen LogP contribution in [0.25, 0.3) is 0 Å². The lowest BCUT2D eigenvalue weighted by molar-refractivity contribution is 0.0724. The van der Waals surface area contributed by atoms with Gasteiger partial charge in [-0.3, -0.25) is 0 Å². The summed E-state index contributed by atoms with van der Waals surface area (Å²) in [6.45, 7) is 6.26. The van der Waals surface area contributed by atoms with Gasteiger partial charge in [0, 0.05) is 10.0 Å². The lowest BCUT2D eigenvalue weighted by Crippen LogP contribution is -2.37. The molecular formula is C12H13BrO2. The first-order valence-electron chi connectivity index (χ1n) is 5.14. The van der Waals surface area contributed by atoms with Gasteiger partial charge in [-0.25, -0.2) is 0 Å². The van der Waals surface area contributed by atoms with Crippen LogP contribution in [-0.4, -0.2) is 11.7 Å². The fourth-order valence-electron chi connectivity index (χ4n) is 2.32. The molecule has 2 nitrogen and oxygen atoms in total. The van der Waals surface area contributed by atoms with Crippen molar-refractivity contribution in [1.29, 1.82) is 0 Å². The van der Waals surface area contributed by atoms with Crippen LogP contribution in [0, 0.1) is 6.92 Å². The second kappa shape index (κ2) is 2.77. The van der Waals surface area contributed by atoms with Gasteiger partial charge in [-0.2, -0.15) is 0 Å². The predicted octanol–water partition coefficient (Wildman–Crippen LogP) is 3.37. The van der Waals surface area contributed by atoms with Crippen molar-refractivity contribution in [3.05, 3.63) is 27.7 Å². The molecule has 2 aliphatic heterocycles. The van der Waals surface area contributed by atoms with Gasteiger partial charge in [0.2, 0.25) is 0 Å². The molecule has 3 heteroatoms. The van der Waals surface area contributed by atoms with Crippen LogP contribution in [0.15, 0.2) is 16.6 Å². The average Bonchev–Trinajstić information content (AvgIpc) is 2.91. The molecular weight excluding hydrogens is 256 g/mol. The van der Waals surface area contributed by atoms with Gasteiger partial charge in [-0.05, 0) is 38.5 Å². The van der Waals surface area contributed by atoms with E-state index in [9.17, 15) is 0 Å². The molecule has 3 rings (SSSR count). The van der Waals surface area contributed by atoms with E-state index in [-0.39, 0.29) is 17.8 Å². The Balaban J connectivity index is 2.17. The van der Waals surface area contributed by atoms with Crippen molar-refractivity contribution in [3.63, 3.8) is 0 Å². The number of rotatable bonds is 0. The summed E-state index contributed by atoms with van der Waals surface area (Å²) in [6, 6.07) is 4.05. The van der Waals surface area contributed by atoms with Gasteiger partial charge >= 0.3 is 0 Å². The largest absolute Gasteiger partial charge is 0.485 e. The molecule has 2 unspecified atom stereocenters. The van der Waals surface area contributed by atoms with Crippen molar-refractivity contribution in [3.8, 4) is 5.75 Å². The Morgan fingerprint density at radius 3 is 2.80 bits per heavy atom. The zero-order chi connectivity index (χ0) is 10.8. The highest BCUT2D eigenvalue weighted by Gasteiger charge is 2.57. The Morgan fingerprint density at radius 1 is 1.33 bits per heavy atom. The van der Waals surface area contributed by atoms with E-state index < -0.39 is 0 Å². The summed E-state index contributed by atoms with van der Waals surface area (Å²) in [6.07, 6.45) is 0.458. The molecule has 0 aromatic heterocycles. The van der Waals surface area contributed by atoms with E-state index in [4.69, 9.17) is 9.47 Å². The van der Waals surface area contributed by atoms with E-state index in [0.29, 0.717) is 0 Å². The van der Waals surface area contributed by atoms with Crippen LogP contribution in [0.1, 0.15) is 31.1 Å². The van der Waals surface area contributed by atoms with Crippen molar-refractivity contribution in [2.45, 2.75) is 38.6 Å². The SMILES string of the molecule is Cc1c(Br)ccc2c1C1OC1C(C)(C)O2. The summed E-state index contributed by atoms with van der Waals surface area (Å²) >= 11 is 3.54. The van der Waals surface area contributed by atoms with E-state index in [0.717, 1.165) is 10.2 Å². The summed E-state index contributed by atoms with van der Waals surface area (Å²) < 4.78 is 12.8. The summed E-state index contributed by atoms with van der Waals surface area (Å²) in [5, 5.41) is 0. The maximum atomic E-state index is 5.96. The van der Waals surface area contributed by atoms with Crippen LogP contribution < -0.4 is 4.74 Å². The van der Waals surface area contributed by atoms with Crippen LogP contribution >= 0.6 is 15.9 Å². The molecule has 0 radical (unpaired) electrons. The normalized spacial score (nSPS) is 30.1. The molecule has 2 aliphatic rings. The molecule has 0 N–H and O–H groups in total. The third-order valence-corrected chi connectivity index (χ3v) is 4.10. The first-order valence-corrected chi connectivity index (χ1v) is 5.93.